The second-order valence-corrected chi connectivity index (χ2v) is 7.99. The molecule has 3 aliphatic carbocycles. The number of Topliss-reactive ketones (excluding diaryl/α,β-unsaturated/α-hetero) is 1. The lowest BCUT2D eigenvalue weighted by Crippen LogP contribution is -2.46. The molecule has 1 nitrogen and oxygen atoms in total. The van der Waals surface area contributed by atoms with E-state index in [1.165, 1.54) is 37.7 Å². The minimum absolute atomic E-state index is 0.338. The van der Waals surface area contributed by atoms with Crippen LogP contribution < -0.4 is 0 Å². The number of ketones is 1. The van der Waals surface area contributed by atoms with Gasteiger partial charge in [-0.25, -0.2) is 0 Å². The summed E-state index contributed by atoms with van der Waals surface area (Å²) in [6.45, 7) is 11.1. The predicted molar refractivity (Wildman–Crippen MR) is 78.8 cm³/mol. The van der Waals surface area contributed by atoms with Gasteiger partial charge in [0.1, 0.15) is 5.78 Å². The van der Waals surface area contributed by atoms with Crippen molar-refractivity contribution in [2.24, 2.45) is 28.6 Å². The van der Waals surface area contributed by atoms with Crippen LogP contribution in [0.2, 0.25) is 0 Å². The molecule has 106 valence electrons. The number of carbonyl (C=O) groups excluding carboxylic acids is 1. The molecule has 0 aromatic rings. The van der Waals surface area contributed by atoms with Crippen LogP contribution in [0.1, 0.15) is 65.7 Å². The second kappa shape index (κ2) is 4.20. The van der Waals surface area contributed by atoms with Gasteiger partial charge in [-0.1, -0.05) is 26.0 Å². The van der Waals surface area contributed by atoms with Crippen LogP contribution in [0.3, 0.4) is 0 Å². The lowest BCUT2D eigenvalue weighted by atomic mass is 9.50. The summed E-state index contributed by atoms with van der Waals surface area (Å²) < 4.78 is 0. The summed E-state index contributed by atoms with van der Waals surface area (Å²) in [7, 11) is 0. The molecule has 3 saturated carbocycles. The number of allylic oxidation sites excluding steroid dienone is 1. The van der Waals surface area contributed by atoms with Gasteiger partial charge in [0.05, 0.1) is 0 Å². The molecule has 0 aliphatic heterocycles. The Kier molecular flexibility index (Phi) is 2.96. The lowest BCUT2D eigenvalue weighted by molar-refractivity contribution is -0.117. The van der Waals surface area contributed by atoms with Crippen LogP contribution in [0.25, 0.3) is 0 Å². The topological polar surface area (TPSA) is 17.1 Å². The highest BCUT2D eigenvalue weighted by Gasteiger charge is 2.64. The first kappa shape index (κ1) is 13.4. The van der Waals surface area contributed by atoms with Gasteiger partial charge < -0.3 is 4.79 Å². The van der Waals surface area contributed by atoms with Crippen LogP contribution in [0.4, 0.5) is 0 Å². The van der Waals surface area contributed by atoms with Crippen LogP contribution in [0, 0.1) is 28.6 Å². The van der Waals surface area contributed by atoms with E-state index in [4.69, 9.17) is 0 Å². The zero-order valence-electron chi connectivity index (χ0n) is 12.8. The van der Waals surface area contributed by atoms with E-state index >= 15 is 0 Å². The van der Waals surface area contributed by atoms with Gasteiger partial charge in [0.2, 0.25) is 0 Å². The van der Waals surface area contributed by atoms with Crippen LogP contribution in [0.5, 0.6) is 0 Å². The van der Waals surface area contributed by atoms with Crippen molar-refractivity contribution in [3.8, 4) is 0 Å². The van der Waals surface area contributed by atoms with Gasteiger partial charge in [-0.2, -0.15) is 0 Å². The van der Waals surface area contributed by atoms with Gasteiger partial charge in [-0.05, 0) is 74.0 Å². The smallest absolute Gasteiger partial charge is 0.129 e. The molecule has 3 aliphatic rings. The molecule has 1 heteroatoms. The normalized spacial score (nSPS) is 48.4. The average molecular weight is 260 g/mol. The standard InChI is InChI=1S/C18H28O/c1-12-5-8-16-17(3,15(12)7-6-13(2)19)10-9-14-11-18(14,16)4/h14-16H,1,5-11H2,2-4H3/t14-,15-,16+,17+,18+/m1/s1. The first-order valence-corrected chi connectivity index (χ1v) is 8.05. The summed E-state index contributed by atoms with van der Waals surface area (Å²) in [5.74, 6) is 2.81. The van der Waals surface area contributed by atoms with Gasteiger partial charge in [0, 0.05) is 6.42 Å². The van der Waals surface area contributed by atoms with E-state index in [1.807, 2.05) is 0 Å². The first-order chi connectivity index (χ1) is 8.88. The number of fused-ring (bicyclic) bond motifs is 3. The molecule has 0 unspecified atom stereocenters. The quantitative estimate of drug-likeness (QED) is 0.668. The molecular formula is C18H28O. The highest BCUT2D eigenvalue weighted by Crippen LogP contribution is 2.73. The van der Waals surface area contributed by atoms with E-state index in [0.717, 1.165) is 24.7 Å². The van der Waals surface area contributed by atoms with Crippen LogP contribution >= 0.6 is 0 Å². The molecule has 19 heavy (non-hydrogen) atoms. The summed E-state index contributed by atoms with van der Waals surface area (Å²) in [5, 5.41) is 0. The third kappa shape index (κ3) is 1.92. The van der Waals surface area contributed by atoms with Gasteiger partial charge in [0.25, 0.3) is 0 Å². The molecule has 3 fully saturated rings. The monoisotopic (exact) mass is 260 g/mol. The molecule has 0 radical (unpaired) electrons. The molecule has 0 aromatic heterocycles. The lowest BCUT2D eigenvalue weighted by Gasteiger charge is -2.54. The molecule has 0 saturated heterocycles. The molecule has 3 rings (SSSR count). The number of carbonyl (C=O) groups is 1. The zero-order valence-corrected chi connectivity index (χ0v) is 12.8. The maximum Gasteiger partial charge on any atom is 0.129 e. The van der Waals surface area contributed by atoms with Crippen molar-refractivity contribution in [3.05, 3.63) is 12.2 Å². The molecule has 5 atom stereocenters. The fourth-order valence-electron chi connectivity index (χ4n) is 5.67. The minimum Gasteiger partial charge on any atom is -0.300 e. The fraction of sp³-hybridized carbons (Fsp3) is 0.833. The Morgan fingerprint density at radius 3 is 2.74 bits per heavy atom. The van der Waals surface area contributed by atoms with Crippen LogP contribution in [-0.2, 0) is 4.79 Å². The minimum atomic E-state index is 0.338. The van der Waals surface area contributed by atoms with E-state index in [2.05, 4.69) is 20.4 Å². The zero-order chi connectivity index (χ0) is 13.8. The Hall–Kier alpha value is -0.590. The molecule has 0 aromatic carbocycles. The van der Waals surface area contributed by atoms with Gasteiger partial charge in [-0.3, -0.25) is 0 Å². The first-order valence-electron chi connectivity index (χ1n) is 8.05. The number of hydrogen-bond donors (Lipinski definition) is 0. The van der Waals surface area contributed by atoms with Crippen molar-refractivity contribution >= 4 is 5.78 Å². The van der Waals surface area contributed by atoms with Crippen molar-refractivity contribution < 1.29 is 4.79 Å². The number of rotatable bonds is 3. The van der Waals surface area contributed by atoms with Gasteiger partial charge >= 0.3 is 0 Å². The Morgan fingerprint density at radius 2 is 2.05 bits per heavy atom. The molecule has 0 spiro atoms. The summed E-state index contributed by atoms with van der Waals surface area (Å²) in [5.41, 5.74) is 2.48. The summed E-state index contributed by atoms with van der Waals surface area (Å²) in [6.07, 6.45) is 8.56. The number of hydrogen-bond acceptors (Lipinski definition) is 1. The summed E-state index contributed by atoms with van der Waals surface area (Å²) in [4.78, 5) is 11.4. The predicted octanol–water partition coefficient (Wildman–Crippen LogP) is 4.76. The highest BCUT2D eigenvalue weighted by atomic mass is 16.1. The maximum absolute atomic E-state index is 11.4. The van der Waals surface area contributed by atoms with Crippen LogP contribution in [-0.4, -0.2) is 5.78 Å². The van der Waals surface area contributed by atoms with E-state index in [1.54, 1.807) is 6.92 Å². The van der Waals surface area contributed by atoms with Crippen molar-refractivity contribution in [1.29, 1.82) is 0 Å². The Morgan fingerprint density at radius 1 is 1.32 bits per heavy atom. The van der Waals surface area contributed by atoms with Crippen LogP contribution in [0.15, 0.2) is 12.2 Å². The Balaban J connectivity index is 1.85. The summed E-state index contributed by atoms with van der Waals surface area (Å²) in [6, 6.07) is 0. The molecule has 0 heterocycles. The van der Waals surface area contributed by atoms with Crippen molar-refractivity contribution in [1.82, 2.24) is 0 Å². The Labute approximate surface area is 117 Å². The van der Waals surface area contributed by atoms with Gasteiger partial charge in [0.15, 0.2) is 0 Å². The fourth-order valence-corrected chi connectivity index (χ4v) is 5.67. The second-order valence-electron chi connectivity index (χ2n) is 7.99. The van der Waals surface area contributed by atoms with E-state index in [0.29, 0.717) is 22.5 Å². The third-order valence-electron chi connectivity index (χ3n) is 6.91. The van der Waals surface area contributed by atoms with Crippen molar-refractivity contribution in [3.63, 3.8) is 0 Å². The van der Waals surface area contributed by atoms with Crippen molar-refractivity contribution in [2.45, 2.75) is 65.7 Å². The molecule has 0 amide bonds. The van der Waals surface area contributed by atoms with E-state index < -0.39 is 0 Å². The maximum atomic E-state index is 11.4. The molecule has 0 N–H and O–H groups in total. The average Bonchev–Trinajstić information content (AvgIpc) is 2.99. The van der Waals surface area contributed by atoms with E-state index in [9.17, 15) is 4.79 Å². The highest BCUT2D eigenvalue weighted by molar-refractivity contribution is 5.75. The van der Waals surface area contributed by atoms with Gasteiger partial charge in [-0.15, -0.1) is 0 Å². The SMILES string of the molecule is C=C1CC[C@@H]2[C@@]3(C)C[C@H]3CC[C@@]2(C)[C@@H]1CCC(C)=O. The van der Waals surface area contributed by atoms with Crippen molar-refractivity contribution in [2.75, 3.05) is 0 Å². The molecule has 0 bridgehead atoms. The third-order valence-corrected chi connectivity index (χ3v) is 6.91. The molecular weight excluding hydrogens is 232 g/mol. The largest absolute Gasteiger partial charge is 0.300 e. The Bertz CT molecular complexity index is 423. The summed E-state index contributed by atoms with van der Waals surface area (Å²) >= 11 is 0. The van der Waals surface area contributed by atoms with E-state index in [-0.39, 0.29) is 0 Å².